The Balaban J connectivity index is 1.58. The number of nitrogens with one attached hydrogen (secondary N) is 1. The molecule has 2 heterocycles. The third-order valence-electron chi connectivity index (χ3n) is 4.57. The fourth-order valence-corrected chi connectivity index (χ4v) is 3.12. The molecular formula is C20H25N3O3. The number of anilines is 1. The molecular weight excluding hydrogens is 330 g/mol. The van der Waals surface area contributed by atoms with Crippen molar-refractivity contribution in [3.8, 4) is 11.5 Å². The van der Waals surface area contributed by atoms with Crippen LogP contribution in [0.5, 0.6) is 11.5 Å². The molecule has 6 heteroatoms. The van der Waals surface area contributed by atoms with Crippen molar-refractivity contribution in [1.29, 1.82) is 0 Å². The summed E-state index contributed by atoms with van der Waals surface area (Å²) in [5, 5.41) is 2.97. The molecule has 0 spiro atoms. The third kappa shape index (κ3) is 4.45. The second kappa shape index (κ2) is 8.56. The lowest BCUT2D eigenvalue weighted by atomic mass is 10.1. The zero-order valence-electron chi connectivity index (χ0n) is 15.3. The molecule has 1 N–H and O–H groups in total. The number of aromatic nitrogens is 1. The van der Waals surface area contributed by atoms with Crippen LogP contribution in [0.3, 0.4) is 0 Å². The van der Waals surface area contributed by atoms with Gasteiger partial charge in [-0.25, -0.2) is 4.98 Å². The van der Waals surface area contributed by atoms with Crippen LogP contribution in [-0.4, -0.2) is 38.2 Å². The summed E-state index contributed by atoms with van der Waals surface area (Å²) in [6, 6.07) is 9.46. The van der Waals surface area contributed by atoms with Gasteiger partial charge in [-0.2, -0.15) is 0 Å². The van der Waals surface area contributed by atoms with Crippen molar-refractivity contribution in [2.75, 3.05) is 32.2 Å². The minimum Gasteiger partial charge on any atom is -0.497 e. The van der Waals surface area contributed by atoms with Crippen LogP contribution < -0.4 is 19.7 Å². The van der Waals surface area contributed by atoms with Crippen LogP contribution in [0.2, 0.25) is 0 Å². The number of amides is 1. The minimum atomic E-state index is -0.0481. The lowest BCUT2D eigenvalue weighted by Gasteiger charge is -2.17. The molecule has 0 aliphatic carbocycles. The van der Waals surface area contributed by atoms with Gasteiger partial charge in [0.05, 0.1) is 20.6 Å². The highest BCUT2D eigenvalue weighted by molar-refractivity contribution is 5.79. The molecule has 1 aromatic heterocycles. The molecule has 0 unspecified atom stereocenters. The Labute approximate surface area is 154 Å². The lowest BCUT2D eigenvalue weighted by molar-refractivity contribution is -0.120. The van der Waals surface area contributed by atoms with Crippen LogP contribution in [-0.2, 0) is 17.8 Å². The van der Waals surface area contributed by atoms with Gasteiger partial charge in [-0.15, -0.1) is 0 Å². The minimum absolute atomic E-state index is 0.0481. The number of carbonyl (C=O) groups excluding carboxylic acids is 1. The van der Waals surface area contributed by atoms with E-state index in [1.54, 1.807) is 20.3 Å². The van der Waals surface area contributed by atoms with Crippen LogP contribution in [0.1, 0.15) is 24.0 Å². The van der Waals surface area contributed by atoms with Gasteiger partial charge in [-0.1, -0.05) is 6.07 Å². The summed E-state index contributed by atoms with van der Waals surface area (Å²) in [5.74, 6) is 2.30. The molecule has 6 nitrogen and oxygen atoms in total. The first kappa shape index (κ1) is 18.0. The van der Waals surface area contributed by atoms with Crippen LogP contribution in [0.4, 0.5) is 5.82 Å². The Morgan fingerprint density at radius 1 is 1.15 bits per heavy atom. The zero-order valence-corrected chi connectivity index (χ0v) is 15.3. The maximum absolute atomic E-state index is 12.3. The second-order valence-corrected chi connectivity index (χ2v) is 6.35. The Bertz CT molecular complexity index is 758. The number of rotatable bonds is 7. The molecule has 0 bridgehead atoms. The van der Waals surface area contributed by atoms with E-state index in [4.69, 9.17) is 9.47 Å². The Morgan fingerprint density at radius 2 is 1.96 bits per heavy atom. The summed E-state index contributed by atoms with van der Waals surface area (Å²) in [6.07, 6.45) is 4.50. The number of carbonyl (C=O) groups is 1. The van der Waals surface area contributed by atoms with E-state index in [9.17, 15) is 4.79 Å². The van der Waals surface area contributed by atoms with E-state index >= 15 is 0 Å². The van der Waals surface area contributed by atoms with Gasteiger partial charge in [0.1, 0.15) is 17.3 Å². The molecule has 1 aromatic carbocycles. The van der Waals surface area contributed by atoms with Crippen molar-refractivity contribution >= 4 is 11.7 Å². The summed E-state index contributed by atoms with van der Waals surface area (Å²) < 4.78 is 10.5. The molecule has 3 rings (SSSR count). The summed E-state index contributed by atoms with van der Waals surface area (Å²) in [5.41, 5.74) is 1.88. The topological polar surface area (TPSA) is 63.7 Å². The largest absolute Gasteiger partial charge is 0.497 e. The number of methoxy groups -OCH3 is 2. The quantitative estimate of drug-likeness (QED) is 0.827. The van der Waals surface area contributed by atoms with Crippen molar-refractivity contribution in [2.24, 2.45) is 0 Å². The number of hydrogen-bond acceptors (Lipinski definition) is 5. The maximum atomic E-state index is 12.3. The standard InChI is InChI=1S/C20H25N3O3/c1-25-17-6-5-16(18(13-17)26-2)12-20(24)22-14-15-7-8-21-19(11-15)23-9-3-4-10-23/h5-8,11,13H,3-4,9-10,12,14H2,1-2H3,(H,22,24). The molecule has 2 aromatic rings. The van der Waals surface area contributed by atoms with E-state index in [2.05, 4.69) is 21.3 Å². The average Bonchev–Trinajstić information content (AvgIpc) is 3.22. The van der Waals surface area contributed by atoms with Gasteiger partial charge in [-0.05, 0) is 36.6 Å². The third-order valence-corrected chi connectivity index (χ3v) is 4.57. The van der Waals surface area contributed by atoms with E-state index in [1.165, 1.54) is 12.8 Å². The maximum Gasteiger partial charge on any atom is 0.224 e. The summed E-state index contributed by atoms with van der Waals surface area (Å²) in [7, 11) is 3.19. The molecule has 1 fully saturated rings. The van der Waals surface area contributed by atoms with Crippen molar-refractivity contribution < 1.29 is 14.3 Å². The van der Waals surface area contributed by atoms with Gasteiger partial charge in [0, 0.05) is 37.5 Å². The van der Waals surface area contributed by atoms with E-state index in [0.29, 0.717) is 18.0 Å². The number of ether oxygens (including phenoxy) is 2. The van der Waals surface area contributed by atoms with Gasteiger partial charge in [0.2, 0.25) is 5.91 Å². The average molecular weight is 355 g/mol. The Morgan fingerprint density at radius 3 is 2.69 bits per heavy atom. The number of benzene rings is 1. The SMILES string of the molecule is COc1ccc(CC(=O)NCc2ccnc(N3CCCC3)c2)c(OC)c1. The van der Waals surface area contributed by atoms with Crippen LogP contribution in [0, 0.1) is 0 Å². The predicted octanol–water partition coefficient (Wildman–Crippen LogP) is 2.56. The van der Waals surface area contributed by atoms with E-state index in [-0.39, 0.29) is 12.3 Å². The first-order chi connectivity index (χ1) is 12.7. The van der Waals surface area contributed by atoms with E-state index in [1.807, 2.05) is 24.4 Å². The van der Waals surface area contributed by atoms with E-state index < -0.39 is 0 Å². The molecule has 1 amide bonds. The molecule has 138 valence electrons. The van der Waals surface area contributed by atoms with Crippen molar-refractivity contribution in [3.63, 3.8) is 0 Å². The van der Waals surface area contributed by atoms with Crippen molar-refractivity contribution in [3.05, 3.63) is 47.7 Å². The molecule has 1 saturated heterocycles. The summed E-state index contributed by atoms with van der Waals surface area (Å²) >= 11 is 0. The number of pyridine rings is 1. The first-order valence-corrected chi connectivity index (χ1v) is 8.87. The molecule has 26 heavy (non-hydrogen) atoms. The van der Waals surface area contributed by atoms with Crippen molar-refractivity contribution in [1.82, 2.24) is 10.3 Å². The lowest BCUT2D eigenvalue weighted by Crippen LogP contribution is -2.25. The highest BCUT2D eigenvalue weighted by atomic mass is 16.5. The predicted molar refractivity (Wildman–Crippen MR) is 101 cm³/mol. The summed E-state index contributed by atoms with van der Waals surface area (Å²) in [6.45, 7) is 2.60. The first-order valence-electron chi connectivity index (χ1n) is 8.87. The zero-order chi connectivity index (χ0) is 18.4. The van der Waals surface area contributed by atoms with E-state index in [0.717, 1.165) is 30.0 Å². The highest BCUT2D eigenvalue weighted by Crippen LogP contribution is 2.25. The summed E-state index contributed by atoms with van der Waals surface area (Å²) in [4.78, 5) is 19.1. The molecule has 0 atom stereocenters. The fraction of sp³-hybridized carbons (Fsp3) is 0.400. The van der Waals surface area contributed by atoms with Gasteiger partial charge < -0.3 is 19.7 Å². The highest BCUT2D eigenvalue weighted by Gasteiger charge is 2.14. The van der Waals surface area contributed by atoms with Crippen LogP contribution >= 0.6 is 0 Å². The second-order valence-electron chi connectivity index (χ2n) is 6.35. The monoisotopic (exact) mass is 355 g/mol. The van der Waals surface area contributed by atoms with Crippen molar-refractivity contribution in [2.45, 2.75) is 25.8 Å². The smallest absolute Gasteiger partial charge is 0.224 e. The Kier molecular flexibility index (Phi) is 5.94. The Hall–Kier alpha value is -2.76. The van der Waals surface area contributed by atoms with Crippen LogP contribution in [0.15, 0.2) is 36.5 Å². The number of nitrogens with zero attached hydrogens (tertiary/aromatic N) is 2. The molecule has 0 saturated carbocycles. The van der Waals surface area contributed by atoms with Gasteiger partial charge >= 0.3 is 0 Å². The fourth-order valence-electron chi connectivity index (χ4n) is 3.12. The van der Waals surface area contributed by atoms with Gasteiger partial charge in [0.25, 0.3) is 0 Å². The molecule has 0 radical (unpaired) electrons. The van der Waals surface area contributed by atoms with Crippen LogP contribution in [0.25, 0.3) is 0 Å². The number of hydrogen-bond donors (Lipinski definition) is 1. The molecule has 1 aliphatic heterocycles. The molecule has 1 aliphatic rings. The van der Waals surface area contributed by atoms with Gasteiger partial charge in [-0.3, -0.25) is 4.79 Å². The normalized spacial score (nSPS) is 13.5. The van der Waals surface area contributed by atoms with Gasteiger partial charge in [0.15, 0.2) is 0 Å².